The molecular weight excluding hydrogens is 179 g/mol. The van der Waals surface area contributed by atoms with E-state index in [1.54, 1.807) is 0 Å². The van der Waals surface area contributed by atoms with Crippen LogP contribution in [-0.4, -0.2) is 19.1 Å². The first-order valence-electron chi connectivity index (χ1n) is 2.70. The van der Waals surface area contributed by atoms with Crippen LogP contribution in [0.25, 0.3) is 0 Å². The molecule has 0 rings (SSSR count). The molecular formula is C5H9NaO4S. The van der Waals surface area contributed by atoms with Crippen LogP contribution in [0.15, 0.2) is 12.7 Å². The predicted octanol–water partition coefficient (Wildman–Crippen LogP) is -2.57. The number of hydrogen-bond donors (Lipinski definition) is 0. The van der Waals surface area contributed by atoms with Crippen LogP contribution in [0.4, 0.5) is 0 Å². The first-order valence-corrected chi connectivity index (χ1v) is 4.04. The van der Waals surface area contributed by atoms with Gasteiger partial charge in [-0.1, -0.05) is 6.08 Å². The standard InChI is InChI=1S/C5H10O4S.Na/c1-3-4-5(2)9-10(6,7)8;/h3,5H,1,4H2,2H3,(H,6,7,8);/q;+1/p-1. The molecule has 0 N–H and O–H groups in total. The van der Waals surface area contributed by atoms with E-state index < -0.39 is 16.5 Å². The van der Waals surface area contributed by atoms with Crippen LogP contribution in [-0.2, 0) is 14.6 Å². The van der Waals surface area contributed by atoms with Crippen LogP contribution in [0.2, 0.25) is 0 Å². The summed E-state index contributed by atoms with van der Waals surface area (Å²) in [7, 11) is -4.54. The van der Waals surface area contributed by atoms with Crippen molar-refractivity contribution >= 4 is 10.4 Å². The molecule has 0 saturated carbocycles. The van der Waals surface area contributed by atoms with E-state index in [0.29, 0.717) is 6.42 Å². The quantitative estimate of drug-likeness (QED) is 0.210. The molecule has 0 aromatic heterocycles. The summed E-state index contributed by atoms with van der Waals surface area (Å²) in [5.41, 5.74) is 0. The molecule has 4 nitrogen and oxygen atoms in total. The maximum atomic E-state index is 9.90. The van der Waals surface area contributed by atoms with E-state index in [0.717, 1.165) is 0 Å². The van der Waals surface area contributed by atoms with E-state index in [1.807, 2.05) is 0 Å². The maximum Gasteiger partial charge on any atom is 1.00 e. The summed E-state index contributed by atoms with van der Waals surface area (Å²) >= 11 is 0. The van der Waals surface area contributed by atoms with Gasteiger partial charge in [-0.3, -0.25) is 4.18 Å². The molecule has 0 fully saturated rings. The Morgan fingerprint density at radius 1 is 1.73 bits per heavy atom. The van der Waals surface area contributed by atoms with Crippen LogP contribution in [0.5, 0.6) is 0 Å². The molecule has 0 aliphatic heterocycles. The fraction of sp³-hybridized carbons (Fsp3) is 0.600. The van der Waals surface area contributed by atoms with Gasteiger partial charge in [0.25, 0.3) is 0 Å². The van der Waals surface area contributed by atoms with Gasteiger partial charge in [-0.25, -0.2) is 8.42 Å². The van der Waals surface area contributed by atoms with Gasteiger partial charge in [0.1, 0.15) is 0 Å². The molecule has 6 heteroatoms. The summed E-state index contributed by atoms with van der Waals surface area (Å²) in [6.07, 6.45) is 1.22. The van der Waals surface area contributed by atoms with Crippen molar-refractivity contribution in [3.05, 3.63) is 12.7 Å². The Hall–Kier alpha value is 0.610. The number of hydrogen-bond acceptors (Lipinski definition) is 4. The van der Waals surface area contributed by atoms with Gasteiger partial charge in [-0.15, -0.1) is 6.58 Å². The van der Waals surface area contributed by atoms with Gasteiger partial charge < -0.3 is 4.55 Å². The van der Waals surface area contributed by atoms with Crippen LogP contribution >= 0.6 is 0 Å². The Bertz CT molecular complexity index is 199. The Morgan fingerprint density at radius 2 is 2.18 bits per heavy atom. The van der Waals surface area contributed by atoms with Gasteiger partial charge in [-0.05, 0) is 13.3 Å². The van der Waals surface area contributed by atoms with E-state index in [2.05, 4.69) is 10.8 Å². The normalized spacial score (nSPS) is 13.3. The van der Waals surface area contributed by atoms with Gasteiger partial charge in [0.05, 0.1) is 6.10 Å². The summed E-state index contributed by atoms with van der Waals surface area (Å²) in [5, 5.41) is 0. The molecule has 0 aliphatic carbocycles. The minimum Gasteiger partial charge on any atom is -0.726 e. The second-order valence-corrected chi connectivity index (χ2v) is 2.85. The van der Waals surface area contributed by atoms with Gasteiger partial charge in [0.2, 0.25) is 10.4 Å². The zero-order valence-corrected chi connectivity index (χ0v) is 9.43. The Labute approximate surface area is 88.9 Å². The molecule has 0 aromatic rings. The zero-order chi connectivity index (χ0) is 8.20. The van der Waals surface area contributed by atoms with Crippen molar-refractivity contribution in [2.24, 2.45) is 0 Å². The topological polar surface area (TPSA) is 66.4 Å². The largest absolute Gasteiger partial charge is 1.00 e. The SMILES string of the molecule is C=CCC(C)OS(=O)(=O)[O-].[Na+]. The van der Waals surface area contributed by atoms with Crippen LogP contribution in [0.3, 0.4) is 0 Å². The van der Waals surface area contributed by atoms with Crippen molar-refractivity contribution in [3.63, 3.8) is 0 Å². The van der Waals surface area contributed by atoms with E-state index in [1.165, 1.54) is 13.0 Å². The molecule has 0 spiro atoms. The fourth-order valence-corrected chi connectivity index (χ4v) is 0.956. The molecule has 0 radical (unpaired) electrons. The van der Waals surface area contributed by atoms with Gasteiger partial charge in [0.15, 0.2) is 0 Å². The summed E-state index contributed by atoms with van der Waals surface area (Å²) < 4.78 is 33.7. The third-order valence-corrected chi connectivity index (χ3v) is 1.34. The monoisotopic (exact) mass is 188 g/mol. The average Bonchev–Trinajstić information content (AvgIpc) is 1.59. The van der Waals surface area contributed by atoms with Crippen molar-refractivity contribution < 1.29 is 46.7 Å². The van der Waals surface area contributed by atoms with Crippen molar-refractivity contribution in [2.45, 2.75) is 19.4 Å². The molecule has 0 aromatic carbocycles. The van der Waals surface area contributed by atoms with Crippen molar-refractivity contribution in [2.75, 3.05) is 0 Å². The Balaban J connectivity index is 0. The van der Waals surface area contributed by atoms with Gasteiger partial charge in [-0.2, -0.15) is 0 Å². The molecule has 1 atom stereocenters. The van der Waals surface area contributed by atoms with Crippen molar-refractivity contribution in [1.82, 2.24) is 0 Å². The third-order valence-electron chi connectivity index (χ3n) is 0.781. The average molecular weight is 188 g/mol. The minimum atomic E-state index is -4.54. The summed E-state index contributed by atoms with van der Waals surface area (Å²) in [5.74, 6) is 0. The predicted molar refractivity (Wildman–Crippen MR) is 35.1 cm³/mol. The maximum absolute atomic E-state index is 9.90. The van der Waals surface area contributed by atoms with E-state index in [-0.39, 0.29) is 29.6 Å². The zero-order valence-electron chi connectivity index (χ0n) is 6.61. The molecule has 1 unspecified atom stereocenters. The molecule has 60 valence electrons. The second-order valence-electron chi connectivity index (χ2n) is 1.84. The van der Waals surface area contributed by atoms with E-state index in [9.17, 15) is 13.0 Å². The smallest absolute Gasteiger partial charge is 0.726 e. The Morgan fingerprint density at radius 3 is 2.45 bits per heavy atom. The summed E-state index contributed by atoms with van der Waals surface area (Å²) in [4.78, 5) is 0. The first-order chi connectivity index (χ1) is 4.45. The molecule has 0 heterocycles. The summed E-state index contributed by atoms with van der Waals surface area (Å²) in [6.45, 7) is 4.84. The molecule has 11 heavy (non-hydrogen) atoms. The molecule has 0 bridgehead atoms. The van der Waals surface area contributed by atoms with Crippen LogP contribution < -0.4 is 29.6 Å². The second kappa shape index (κ2) is 6.16. The van der Waals surface area contributed by atoms with Gasteiger partial charge in [0, 0.05) is 0 Å². The van der Waals surface area contributed by atoms with Crippen LogP contribution in [0, 0.1) is 0 Å². The first kappa shape index (κ1) is 14.2. The van der Waals surface area contributed by atoms with Gasteiger partial charge >= 0.3 is 29.6 Å². The van der Waals surface area contributed by atoms with Crippen LogP contribution in [0.1, 0.15) is 13.3 Å². The summed E-state index contributed by atoms with van der Waals surface area (Å²) in [6, 6.07) is 0. The van der Waals surface area contributed by atoms with E-state index in [4.69, 9.17) is 0 Å². The Kier molecular flexibility index (Phi) is 7.93. The number of rotatable bonds is 4. The molecule has 0 amide bonds. The molecule has 0 saturated heterocycles. The van der Waals surface area contributed by atoms with Crippen molar-refractivity contribution in [3.8, 4) is 0 Å². The third kappa shape index (κ3) is 10.6. The van der Waals surface area contributed by atoms with E-state index >= 15 is 0 Å². The minimum absolute atomic E-state index is 0. The molecule has 0 aliphatic rings. The van der Waals surface area contributed by atoms with Crippen molar-refractivity contribution in [1.29, 1.82) is 0 Å². The fourth-order valence-electron chi connectivity index (χ4n) is 0.475.